The zero-order valence-corrected chi connectivity index (χ0v) is 31.1. The normalized spacial score (nSPS) is 11.3. The molecule has 0 saturated carbocycles. The first-order valence-electron chi connectivity index (χ1n) is 15.2. The molecule has 7 rings (SSSR count). The molecule has 0 aliphatic carbocycles. The molecule has 46 heavy (non-hydrogen) atoms. The van der Waals surface area contributed by atoms with E-state index in [-0.39, 0.29) is 25.9 Å². The van der Waals surface area contributed by atoms with Crippen molar-refractivity contribution < 1.29 is 28.9 Å². The maximum Gasteiger partial charge on any atom is 0 e. The smallest absolute Gasteiger partial charge is 0 e. The number of furan rings is 1. The van der Waals surface area contributed by atoms with Gasteiger partial charge in [-0.15, -0.1) is 18.2 Å². The minimum Gasteiger partial charge on any atom is 0 e. The first-order valence-corrected chi connectivity index (χ1v) is 22.5. The van der Waals surface area contributed by atoms with Crippen LogP contribution >= 0.6 is 0 Å². The second-order valence-corrected chi connectivity index (χ2v) is 23.1. The summed E-state index contributed by atoms with van der Waals surface area (Å²) in [4.78, 5) is 9.08. The van der Waals surface area contributed by atoms with Crippen LogP contribution in [0.4, 0.5) is 4.39 Å². The standard InChI is InChI=1S/C26H19FNO.C14H16GeN.Ir/c1-16(2)17-12-13-28-24(14-17)22-8-5-7-21-20-11-10-18(15-25(20)29-26(21)22)19-6-3-4-9-23(19)27;1-15(2,3)13-9-10-14(16-11-13)12-7-5-4-6-8-12;/h3-7,9-16H,1-2H3;4-7,9-11H,1-3H3;/q2*-1;. The van der Waals surface area contributed by atoms with Crippen molar-refractivity contribution in [1.29, 1.82) is 0 Å². The molecule has 3 heterocycles. The van der Waals surface area contributed by atoms with E-state index in [0.717, 1.165) is 50.0 Å². The van der Waals surface area contributed by atoms with E-state index in [1.165, 1.54) is 16.0 Å². The molecule has 3 nitrogen and oxygen atoms in total. The molecule has 0 spiro atoms. The molecule has 6 heteroatoms. The second kappa shape index (κ2) is 14.3. The molecule has 0 bridgehead atoms. The van der Waals surface area contributed by atoms with Crippen molar-refractivity contribution in [2.24, 2.45) is 0 Å². The van der Waals surface area contributed by atoms with Gasteiger partial charge in [-0.2, -0.15) is 0 Å². The molecule has 0 amide bonds. The number of pyridine rings is 2. The van der Waals surface area contributed by atoms with Gasteiger partial charge in [0.25, 0.3) is 0 Å². The van der Waals surface area contributed by atoms with Gasteiger partial charge in [0.1, 0.15) is 11.4 Å². The van der Waals surface area contributed by atoms with E-state index in [1.54, 1.807) is 12.1 Å². The minimum absolute atomic E-state index is 0. The molecule has 7 aromatic rings. The van der Waals surface area contributed by atoms with Crippen LogP contribution in [-0.4, -0.2) is 23.2 Å². The fourth-order valence-corrected chi connectivity index (χ4v) is 7.46. The predicted octanol–water partition coefficient (Wildman–Crippen LogP) is 10.5. The van der Waals surface area contributed by atoms with E-state index in [9.17, 15) is 4.39 Å². The van der Waals surface area contributed by atoms with Crippen molar-refractivity contribution in [3.63, 3.8) is 0 Å². The van der Waals surface area contributed by atoms with Crippen molar-refractivity contribution in [3.05, 3.63) is 139 Å². The maximum absolute atomic E-state index is 14.2. The zero-order chi connectivity index (χ0) is 31.6. The molecule has 0 aliphatic heterocycles. The Labute approximate surface area is 286 Å². The van der Waals surface area contributed by atoms with Gasteiger partial charge >= 0.3 is 99.8 Å². The summed E-state index contributed by atoms with van der Waals surface area (Å²) in [6.07, 6.45) is 3.87. The summed E-state index contributed by atoms with van der Waals surface area (Å²) in [6.45, 7) is 4.32. The Kier molecular flexibility index (Phi) is 10.4. The second-order valence-electron chi connectivity index (χ2n) is 12.5. The molecule has 233 valence electrons. The van der Waals surface area contributed by atoms with Crippen LogP contribution in [0.1, 0.15) is 25.3 Å². The third-order valence-corrected chi connectivity index (χ3v) is 12.2. The van der Waals surface area contributed by atoms with Gasteiger partial charge in [0.2, 0.25) is 0 Å². The number of hydrogen-bond acceptors (Lipinski definition) is 3. The molecule has 0 unspecified atom stereocenters. The molecular weight excluding hydrogens is 808 g/mol. The fraction of sp³-hybridized carbons (Fsp3) is 0.150. The van der Waals surface area contributed by atoms with Crippen molar-refractivity contribution in [3.8, 4) is 33.6 Å². The maximum atomic E-state index is 14.2. The van der Waals surface area contributed by atoms with E-state index in [0.29, 0.717) is 11.5 Å². The Bertz CT molecular complexity index is 2080. The van der Waals surface area contributed by atoms with Crippen LogP contribution in [0.15, 0.2) is 120 Å². The summed E-state index contributed by atoms with van der Waals surface area (Å²) in [5.74, 6) is 7.31. The van der Waals surface area contributed by atoms with Crippen molar-refractivity contribution >= 4 is 39.6 Å². The first-order chi connectivity index (χ1) is 21.7. The molecule has 1 radical (unpaired) electrons. The third kappa shape index (κ3) is 7.23. The molecule has 0 fully saturated rings. The van der Waals surface area contributed by atoms with Gasteiger partial charge in [-0.05, 0) is 35.4 Å². The average Bonchev–Trinajstić information content (AvgIpc) is 3.43. The van der Waals surface area contributed by atoms with E-state index < -0.39 is 13.3 Å². The summed E-state index contributed by atoms with van der Waals surface area (Å²) in [5.41, 5.74) is 7.81. The number of aromatic nitrogens is 2. The Balaban J connectivity index is 0.000000209. The molecule has 4 aromatic carbocycles. The molecule has 0 saturated heterocycles. The molecule has 0 N–H and O–H groups in total. The van der Waals surface area contributed by atoms with Gasteiger partial charge < -0.3 is 9.40 Å². The SMILES string of the molecule is CC(C)c1ccnc(-c2[c-]ccc3c2oc2cc(-c4ccccc4F)ccc23)c1.[CH3][Ge]([CH3])([CH3])[c]1ccc(-c2[c-]cccc2)nc1.[Ir]. The fourth-order valence-electron chi connectivity index (χ4n) is 5.29. The van der Waals surface area contributed by atoms with Crippen LogP contribution in [0.3, 0.4) is 0 Å². The summed E-state index contributed by atoms with van der Waals surface area (Å²) in [6, 6.07) is 39.4. The monoisotopic (exact) mass is 845 g/mol. The van der Waals surface area contributed by atoms with E-state index in [4.69, 9.17) is 4.42 Å². The van der Waals surface area contributed by atoms with Gasteiger partial charge in [-0.1, -0.05) is 66.8 Å². The minimum atomic E-state index is -1.72. The van der Waals surface area contributed by atoms with Gasteiger partial charge in [-0.25, -0.2) is 4.39 Å². The Morgan fingerprint density at radius 2 is 1.57 bits per heavy atom. The van der Waals surface area contributed by atoms with Crippen molar-refractivity contribution in [2.45, 2.75) is 37.0 Å². The summed E-state index contributed by atoms with van der Waals surface area (Å²) >= 11 is -1.72. The number of rotatable bonds is 5. The van der Waals surface area contributed by atoms with Gasteiger partial charge in [0.15, 0.2) is 0 Å². The van der Waals surface area contributed by atoms with Crippen molar-refractivity contribution in [2.75, 3.05) is 0 Å². The summed E-state index contributed by atoms with van der Waals surface area (Å²) in [7, 11) is 0. The number of halogens is 1. The predicted molar refractivity (Wildman–Crippen MR) is 187 cm³/mol. The van der Waals surface area contributed by atoms with Crippen LogP contribution in [0, 0.1) is 17.9 Å². The van der Waals surface area contributed by atoms with Gasteiger partial charge in [0, 0.05) is 37.3 Å². The number of hydrogen-bond donors (Lipinski definition) is 0. The van der Waals surface area contributed by atoms with E-state index in [2.05, 4.69) is 71.4 Å². The van der Waals surface area contributed by atoms with Crippen LogP contribution < -0.4 is 4.40 Å². The molecule has 0 aliphatic rings. The quantitative estimate of drug-likeness (QED) is 0.128. The first kappa shape index (κ1) is 33.5. The Morgan fingerprint density at radius 1 is 0.761 bits per heavy atom. The van der Waals surface area contributed by atoms with Gasteiger partial charge in [0.05, 0.1) is 5.58 Å². The Morgan fingerprint density at radius 3 is 2.26 bits per heavy atom. The molecule has 0 atom stereocenters. The van der Waals surface area contributed by atoms with Crippen LogP contribution in [-0.2, 0) is 20.1 Å². The average molecular weight is 844 g/mol. The van der Waals surface area contributed by atoms with Crippen LogP contribution in [0.2, 0.25) is 17.3 Å². The summed E-state index contributed by atoms with van der Waals surface area (Å²) in [5, 5.41) is 2.00. The number of benzene rings is 4. The number of fused-ring (bicyclic) bond motifs is 3. The largest absolute Gasteiger partial charge is 0 e. The van der Waals surface area contributed by atoms with Gasteiger partial charge in [-0.3, -0.25) is 0 Å². The van der Waals surface area contributed by atoms with E-state index >= 15 is 0 Å². The molecular formula is C40H35FGeIrN2O-2. The number of nitrogens with zero attached hydrogens (tertiary/aromatic N) is 2. The van der Waals surface area contributed by atoms with Crippen molar-refractivity contribution in [1.82, 2.24) is 9.97 Å². The van der Waals surface area contributed by atoms with Crippen LogP contribution in [0.25, 0.3) is 55.6 Å². The van der Waals surface area contributed by atoms with E-state index in [1.807, 2.05) is 79.1 Å². The van der Waals surface area contributed by atoms with Crippen LogP contribution in [0.5, 0.6) is 0 Å². The summed E-state index contributed by atoms with van der Waals surface area (Å²) < 4.78 is 21.9. The topological polar surface area (TPSA) is 38.9 Å². The zero-order valence-electron chi connectivity index (χ0n) is 26.6. The third-order valence-electron chi connectivity index (χ3n) is 7.94. The molecule has 3 aromatic heterocycles. The Hall–Kier alpha value is -3.90.